The number of hydrogen-bond donors (Lipinski definition) is 3. The Bertz CT molecular complexity index is 621. The fourth-order valence-corrected chi connectivity index (χ4v) is 3.76. The number of carbonyl (C=O) groups is 3. The van der Waals surface area contributed by atoms with Gasteiger partial charge in [0.05, 0.1) is 11.4 Å². The Balaban J connectivity index is 1.83. The van der Waals surface area contributed by atoms with Gasteiger partial charge in [0, 0.05) is 10.3 Å². The van der Waals surface area contributed by atoms with E-state index < -0.39 is 11.3 Å². The van der Waals surface area contributed by atoms with Gasteiger partial charge in [-0.05, 0) is 37.3 Å². The maximum Gasteiger partial charge on any atom is 0.279 e. The zero-order valence-corrected chi connectivity index (χ0v) is 16.0. The highest BCUT2D eigenvalue weighted by Gasteiger charge is 2.21. The van der Waals surface area contributed by atoms with Crippen LogP contribution in [-0.4, -0.2) is 24.3 Å². The predicted molar refractivity (Wildman–Crippen MR) is 98.3 cm³/mol. The van der Waals surface area contributed by atoms with Crippen molar-refractivity contribution >= 4 is 29.1 Å². The molecule has 25 heavy (non-hydrogen) atoms. The van der Waals surface area contributed by atoms with Gasteiger partial charge < -0.3 is 5.32 Å². The molecule has 1 aliphatic rings. The van der Waals surface area contributed by atoms with Crippen molar-refractivity contribution < 1.29 is 14.4 Å². The molecule has 0 saturated heterocycles. The lowest BCUT2D eigenvalue weighted by Crippen LogP contribution is -2.47. The minimum absolute atomic E-state index is 0.169. The second-order valence-electron chi connectivity index (χ2n) is 7.41. The number of thiophene rings is 1. The number of nitrogens with one attached hydrogen (secondary N) is 3. The summed E-state index contributed by atoms with van der Waals surface area (Å²) in [5, 5.41) is 2.54. The Morgan fingerprint density at radius 3 is 2.40 bits per heavy atom. The molecule has 3 amide bonds. The maximum atomic E-state index is 12.2. The Kier molecular flexibility index (Phi) is 6.58. The summed E-state index contributed by atoms with van der Waals surface area (Å²) in [5.74, 6) is -0.986. The topological polar surface area (TPSA) is 87.3 Å². The van der Waals surface area contributed by atoms with Crippen molar-refractivity contribution in [3.05, 3.63) is 21.4 Å². The summed E-state index contributed by atoms with van der Waals surface area (Å²) in [6.07, 6.45) is 6.86. The lowest BCUT2D eigenvalue weighted by atomic mass is 9.96. The van der Waals surface area contributed by atoms with Gasteiger partial charge in [-0.3, -0.25) is 25.2 Å². The molecule has 1 heterocycles. The van der Waals surface area contributed by atoms with Crippen LogP contribution in [0.4, 0.5) is 0 Å². The summed E-state index contributed by atoms with van der Waals surface area (Å²) in [5.41, 5.74) is 5.47. The molecule has 1 aromatic heterocycles. The van der Waals surface area contributed by atoms with E-state index in [2.05, 4.69) is 16.2 Å². The average Bonchev–Trinajstić information content (AvgIpc) is 2.91. The zero-order valence-electron chi connectivity index (χ0n) is 15.2. The number of amides is 3. The SMILES string of the molecule is CC(C)(C)C(=O)NCC(=O)NNC(=O)c1cc2c(s1)CCCCCC2. The Hall–Kier alpha value is -1.89. The quantitative estimate of drug-likeness (QED) is 0.719. The van der Waals surface area contributed by atoms with Crippen LogP contribution in [0.15, 0.2) is 6.07 Å². The van der Waals surface area contributed by atoms with Gasteiger partial charge in [0.2, 0.25) is 5.91 Å². The molecule has 0 fully saturated rings. The normalized spacial score (nSPS) is 14.7. The third kappa shape index (κ3) is 5.85. The van der Waals surface area contributed by atoms with Crippen molar-refractivity contribution in [2.45, 2.75) is 59.3 Å². The fraction of sp³-hybridized carbons (Fsp3) is 0.611. The van der Waals surface area contributed by atoms with E-state index >= 15 is 0 Å². The monoisotopic (exact) mass is 365 g/mol. The Morgan fingerprint density at radius 2 is 1.72 bits per heavy atom. The number of hydrazine groups is 1. The van der Waals surface area contributed by atoms with E-state index in [0.717, 1.165) is 19.3 Å². The van der Waals surface area contributed by atoms with Crippen molar-refractivity contribution in [2.75, 3.05) is 6.54 Å². The van der Waals surface area contributed by atoms with Gasteiger partial charge in [-0.1, -0.05) is 33.6 Å². The first-order valence-corrected chi connectivity index (χ1v) is 9.58. The molecule has 0 unspecified atom stereocenters. The molecule has 0 saturated carbocycles. The molecule has 0 radical (unpaired) electrons. The van der Waals surface area contributed by atoms with Crippen LogP contribution < -0.4 is 16.2 Å². The molecule has 0 atom stereocenters. The van der Waals surface area contributed by atoms with E-state index in [4.69, 9.17) is 0 Å². The van der Waals surface area contributed by atoms with Gasteiger partial charge in [0.15, 0.2) is 0 Å². The molecule has 0 spiro atoms. The molecule has 7 heteroatoms. The fourth-order valence-electron chi connectivity index (χ4n) is 2.61. The third-order valence-electron chi connectivity index (χ3n) is 4.13. The minimum Gasteiger partial charge on any atom is -0.347 e. The summed E-state index contributed by atoms with van der Waals surface area (Å²) in [4.78, 5) is 37.6. The smallest absolute Gasteiger partial charge is 0.279 e. The van der Waals surface area contributed by atoms with E-state index in [9.17, 15) is 14.4 Å². The first-order valence-electron chi connectivity index (χ1n) is 8.76. The number of carbonyl (C=O) groups excluding carboxylic acids is 3. The van der Waals surface area contributed by atoms with Crippen molar-refractivity contribution in [1.82, 2.24) is 16.2 Å². The first kappa shape index (κ1) is 19.4. The lowest BCUT2D eigenvalue weighted by molar-refractivity contribution is -0.131. The average molecular weight is 365 g/mol. The summed E-state index contributed by atoms with van der Waals surface area (Å²) in [6, 6.07) is 1.94. The van der Waals surface area contributed by atoms with Crippen molar-refractivity contribution in [1.29, 1.82) is 0 Å². The van der Waals surface area contributed by atoms with Crippen LogP contribution in [-0.2, 0) is 22.4 Å². The van der Waals surface area contributed by atoms with Crippen LogP contribution in [0.3, 0.4) is 0 Å². The lowest BCUT2D eigenvalue weighted by Gasteiger charge is -2.17. The molecule has 1 aliphatic carbocycles. The van der Waals surface area contributed by atoms with Gasteiger partial charge in [-0.25, -0.2) is 0 Å². The number of hydrogen-bond acceptors (Lipinski definition) is 4. The maximum absolute atomic E-state index is 12.2. The molecule has 0 aliphatic heterocycles. The Labute approximate surface area is 152 Å². The van der Waals surface area contributed by atoms with Gasteiger partial charge in [-0.15, -0.1) is 11.3 Å². The Morgan fingerprint density at radius 1 is 1.04 bits per heavy atom. The van der Waals surface area contributed by atoms with E-state index in [1.54, 1.807) is 20.8 Å². The molecular formula is C18H27N3O3S. The molecule has 1 aromatic rings. The van der Waals surface area contributed by atoms with E-state index in [1.807, 2.05) is 6.07 Å². The highest BCUT2D eigenvalue weighted by atomic mass is 32.1. The number of aryl methyl sites for hydroxylation is 2. The largest absolute Gasteiger partial charge is 0.347 e. The molecule has 138 valence electrons. The summed E-state index contributed by atoms with van der Waals surface area (Å²) >= 11 is 1.51. The zero-order chi connectivity index (χ0) is 18.4. The summed E-state index contributed by atoms with van der Waals surface area (Å²) in [6.45, 7) is 5.14. The highest BCUT2D eigenvalue weighted by molar-refractivity contribution is 7.14. The van der Waals surface area contributed by atoms with Crippen LogP contribution in [0, 0.1) is 5.41 Å². The number of rotatable bonds is 3. The standard InChI is InChI=1S/C18H27N3O3S/c1-18(2,3)17(24)19-11-15(22)20-21-16(23)14-10-12-8-6-4-5-7-9-13(12)25-14/h10H,4-9,11H2,1-3H3,(H,19,24)(H,20,22)(H,21,23). The molecule has 3 N–H and O–H groups in total. The molecule has 6 nitrogen and oxygen atoms in total. The predicted octanol–water partition coefficient (Wildman–Crippen LogP) is 2.33. The van der Waals surface area contributed by atoms with E-state index in [0.29, 0.717) is 4.88 Å². The van der Waals surface area contributed by atoms with Gasteiger partial charge >= 0.3 is 0 Å². The molecule has 0 aromatic carbocycles. The minimum atomic E-state index is -0.559. The highest BCUT2D eigenvalue weighted by Crippen LogP contribution is 2.28. The third-order valence-corrected chi connectivity index (χ3v) is 5.36. The van der Waals surface area contributed by atoms with Crippen LogP contribution >= 0.6 is 11.3 Å². The summed E-state index contributed by atoms with van der Waals surface area (Å²) in [7, 11) is 0. The van der Waals surface area contributed by atoms with E-state index in [-0.39, 0.29) is 18.4 Å². The van der Waals surface area contributed by atoms with E-state index in [1.165, 1.54) is 41.0 Å². The van der Waals surface area contributed by atoms with Crippen LogP contribution in [0.2, 0.25) is 0 Å². The first-order chi connectivity index (χ1) is 11.8. The second kappa shape index (κ2) is 8.47. The van der Waals surface area contributed by atoms with Crippen LogP contribution in [0.25, 0.3) is 0 Å². The van der Waals surface area contributed by atoms with Gasteiger partial charge in [0.25, 0.3) is 11.8 Å². The van der Waals surface area contributed by atoms with Crippen molar-refractivity contribution in [3.63, 3.8) is 0 Å². The van der Waals surface area contributed by atoms with Crippen molar-refractivity contribution in [3.8, 4) is 0 Å². The van der Waals surface area contributed by atoms with Gasteiger partial charge in [-0.2, -0.15) is 0 Å². The van der Waals surface area contributed by atoms with Crippen LogP contribution in [0.1, 0.15) is 66.6 Å². The van der Waals surface area contributed by atoms with Crippen molar-refractivity contribution in [2.24, 2.45) is 5.41 Å². The number of fused-ring (bicyclic) bond motifs is 1. The second-order valence-corrected chi connectivity index (χ2v) is 8.55. The molecule has 2 rings (SSSR count). The molecule has 0 bridgehead atoms. The van der Waals surface area contributed by atoms with Gasteiger partial charge in [0.1, 0.15) is 0 Å². The molecular weight excluding hydrogens is 338 g/mol. The summed E-state index contributed by atoms with van der Waals surface area (Å²) < 4.78 is 0. The van der Waals surface area contributed by atoms with Crippen LogP contribution in [0.5, 0.6) is 0 Å².